The number of methoxy groups -OCH3 is 1. The molecule has 8 heteroatoms. The number of piperidine rings is 1. The number of rotatable bonds is 6. The van der Waals surface area contributed by atoms with Crippen molar-refractivity contribution in [1.82, 2.24) is 9.62 Å². The van der Waals surface area contributed by atoms with Gasteiger partial charge >= 0.3 is 0 Å². The Balaban J connectivity index is 1.68. The first-order valence-electron chi connectivity index (χ1n) is 9.97. The van der Waals surface area contributed by atoms with Gasteiger partial charge in [-0.15, -0.1) is 0 Å². The van der Waals surface area contributed by atoms with Crippen LogP contribution in [-0.2, 0) is 10.0 Å². The Morgan fingerprint density at radius 2 is 1.80 bits per heavy atom. The Bertz CT molecular complexity index is 1000. The topological polar surface area (TPSA) is 75.7 Å². The molecule has 0 spiro atoms. The summed E-state index contributed by atoms with van der Waals surface area (Å²) in [5.41, 5.74) is 0.933. The number of hydrogen-bond acceptors (Lipinski definition) is 4. The van der Waals surface area contributed by atoms with E-state index < -0.39 is 21.9 Å². The van der Waals surface area contributed by atoms with Crippen LogP contribution in [0.5, 0.6) is 5.75 Å². The van der Waals surface area contributed by atoms with Gasteiger partial charge in [-0.25, -0.2) is 12.8 Å². The van der Waals surface area contributed by atoms with Crippen LogP contribution in [0.3, 0.4) is 0 Å². The predicted molar refractivity (Wildman–Crippen MR) is 112 cm³/mol. The summed E-state index contributed by atoms with van der Waals surface area (Å²) >= 11 is 0. The number of ether oxygens (including phenoxy) is 1. The van der Waals surface area contributed by atoms with Gasteiger partial charge in [-0.2, -0.15) is 4.31 Å². The molecule has 1 N–H and O–H groups in total. The highest BCUT2D eigenvalue weighted by Crippen LogP contribution is 2.24. The molecule has 6 nitrogen and oxygen atoms in total. The lowest BCUT2D eigenvalue weighted by atomic mass is 10.0. The lowest BCUT2D eigenvalue weighted by Gasteiger charge is -2.29. The molecule has 2 aromatic carbocycles. The summed E-state index contributed by atoms with van der Waals surface area (Å²) in [4.78, 5) is 12.7. The molecule has 1 amide bonds. The molecule has 0 bridgehead atoms. The Morgan fingerprint density at radius 3 is 2.37 bits per heavy atom. The summed E-state index contributed by atoms with van der Waals surface area (Å²) in [6.45, 7) is 4.90. The van der Waals surface area contributed by atoms with Crippen molar-refractivity contribution in [3.63, 3.8) is 0 Å². The molecule has 0 aliphatic carbocycles. The molecule has 3 rings (SSSR count). The number of nitrogens with one attached hydrogen (secondary N) is 1. The molecule has 30 heavy (non-hydrogen) atoms. The van der Waals surface area contributed by atoms with Crippen molar-refractivity contribution in [2.45, 2.75) is 37.6 Å². The van der Waals surface area contributed by atoms with Gasteiger partial charge in [0, 0.05) is 18.7 Å². The number of amides is 1. The van der Waals surface area contributed by atoms with Crippen molar-refractivity contribution in [3.8, 4) is 5.75 Å². The van der Waals surface area contributed by atoms with Gasteiger partial charge in [0.05, 0.1) is 18.0 Å². The molecule has 1 atom stereocenters. The van der Waals surface area contributed by atoms with Crippen molar-refractivity contribution < 1.29 is 22.3 Å². The average molecular weight is 435 g/mol. The van der Waals surface area contributed by atoms with Crippen molar-refractivity contribution in [2.24, 2.45) is 5.92 Å². The van der Waals surface area contributed by atoms with Crippen LogP contribution >= 0.6 is 0 Å². The van der Waals surface area contributed by atoms with Gasteiger partial charge in [0.2, 0.25) is 10.0 Å². The highest BCUT2D eigenvalue weighted by molar-refractivity contribution is 7.89. The molecule has 0 saturated carbocycles. The smallest absolute Gasteiger partial charge is 0.251 e. The van der Waals surface area contributed by atoms with E-state index in [1.54, 1.807) is 13.0 Å². The summed E-state index contributed by atoms with van der Waals surface area (Å²) in [5.74, 6) is -0.201. The van der Waals surface area contributed by atoms with E-state index in [-0.39, 0.29) is 16.6 Å². The highest BCUT2D eigenvalue weighted by atomic mass is 32.2. The van der Waals surface area contributed by atoms with Crippen LogP contribution in [0.25, 0.3) is 0 Å². The molecule has 2 aromatic rings. The molecule has 1 saturated heterocycles. The second-order valence-electron chi connectivity index (χ2n) is 7.70. The van der Waals surface area contributed by atoms with E-state index in [1.165, 1.54) is 47.8 Å². The molecule has 1 heterocycles. The zero-order valence-electron chi connectivity index (χ0n) is 17.4. The summed E-state index contributed by atoms with van der Waals surface area (Å²) < 4.78 is 45.9. The molecule has 0 radical (unpaired) electrons. The second-order valence-corrected chi connectivity index (χ2v) is 9.64. The van der Waals surface area contributed by atoms with Crippen LogP contribution in [0.4, 0.5) is 4.39 Å². The fraction of sp³-hybridized carbons (Fsp3) is 0.409. The number of carbonyl (C=O) groups excluding carboxylic acids is 1. The first-order valence-corrected chi connectivity index (χ1v) is 11.4. The first kappa shape index (κ1) is 22.2. The fourth-order valence-electron chi connectivity index (χ4n) is 3.47. The highest BCUT2D eigenvalue weighted by Gasteiger charge is 2.28. The minimum atomic E-state index is -3.56. The number of sulfonamides is 1. The van der Waals surface area contributed by atoms with Crippen LogP contribution in [0, 0.1) is 11.7 Å². The van der Waals surface area contributed by atoms with E-state index in [9.17, 15) is 17.6 Å². The van der Waals surface area contributed by atoms with E-state index in [0.717, 1.165) is 12.8 Å². The summed E-state index contributed by atoms with van der Waals surface area (Å²) in [6.07, 6.45) is 1.70. The van der Waals surface area contributed by atoms with E-state index in [0.29, 0.717) is 30.1 Å². The number of hydrogen-bond donors (Lipinski definition) is 1. The first-order chi connectivity index (χ1) is 14.2. The zero-order valence-corrected chi connectivity index (χ0v) is 18.2. The molecule has 1 aliphatic heterocycles. The van der Waals surface area contributed by atoms with Gasteiger partial charge < -0.3 is 10.1 Å². The molecular formula is C22H27FN2O4S. The lowest BCUT2D eigenvalue weighted by Crippen LogP contribution is -2.37. The van der Waals surface area contributed by atoms with Crippen molar-refractivity contribution >= 4 is 15.9 Å². The normalized spacial score (nSPS) is 16.8. The quantitative estimate of drug-likeness (QED) is 0.751. The third-order valence-corrected chi connectivity index (χ3v) is 7.43. The summed E-state index contributed by atoms with van der Waals surface area (Å²) in [7, 11) is -2.17. The van der Waals surface area contributed by atoms with Gasteiger partial charge in [0.15, 0.2) is 11.6 Å². The second kappa shape index (κ2) is 9.14. The molecule has 1 fully saturated rings. The standard InChI is InChI=1S/C22H27FN2O4S/c1-15-10-12-25(13-11-15)30(27,28)19-7-4-17(5-8-19)22(26)24-16(2)18-6-9-21(29-3)20(23)14-18/h4-9,14-16H,10-13H2,1-3H3,(H,24,26). The van der Waals surface area contributed by atoms with Crippen molar-refractivity contribution in [1.29, 1.82) is 0 Å². The molecule has 162 valence electrons. The largest absolute Gasteiger partial charge is 0.494 e. The maximum Gasteiger partial charge on any atom is 0.251 e. The minimum absolute atomic E-state index is 0.136. The number of carbonyl (C=O) groups is 1. The third-order valence-electron chi connectivity index (χ3n) is 5.52. The Morgan fingerprint density at radius 1 is 1.17 bits per heavy atom. The van der Waals surface area contributed by atoms with Gasteiger partial charge in [-0.05, 0) is 67.6 Å². The van der Waals surface area contributed by atoms with Crippen molar-refractivity contribution in [2.75, 3.05) is 20.2 Å². The monoisotopic (exact) mass is 434 g/mol. The molecule has 1 aliphatic rings. The molecule has 0 aromatic heterocycles. The van der Waals surface area contributed by atoms with E-state index in [4.69, 9.17) is 4.74 Å². The van der Waals surface area contributed by atoms with Gasteiger partial charge in [0.1, 0.15) is 0 Å². The van der Waals surface area contributed by atoms with Gasteiger partial charge in [-0.1, -0.05) is 13.0 Å². The maximum absolute atomic E-state index is 13.9. The third kappa shape index (κ3) is 4.82. The number of halogens is 1. The van der Waals surface area contributed by atoms with E-state index in [1.807, 2.05) is 0 Å². The van der Waals surface area contributed by atoms with Crippen LogP contribution < -0.4 is 10.1 Å². The van der Waals surface area contributed by atoms with E-state index >= 15 is 0 Å². The van der Waals surface area contributed by atoms with E-state index in [2.05, 4.69) is 12.2 Å². The molecule has 1 unspecified atom stereocenters. The zero-order chi connectivity index (χ0) is 21.9. The molecular weight excluding hydrogens is 407 g/mol. The number of nitrogens with zero attached hydrogens (tertiary/aromatic N) is 1. The average Bonchev–Trinajstić information content (AvgIpc) is 2.74. The predicted octanol–water partition coefficient (Wildman–Crippen LogP) is 3.75. The lowest BCUT2D eigenvalue weighted by molar-refractivity contribution is 0.0939. The van der Waals surface area contributed by atoms with Crippen LogP contribution in [-0.4, -0.2) is 38.8 Å². The van der Waals surface area contributed by atoms with Crippen LogP contribution in [0.1, 0.15) is 48.7 Å². The Labute approximate surface area is 177 Å². The van der Waals surface area contributed by atoms with Crippen LogP contribution in [0.15, 0.2) is 47.4 Å². The van der Waals surface area contributed by atoms with Gasteiger partial charge in [-0.3, -0.25) is 4.79 Å². The maximum atomic E-state index is 13.9. The Kier molecular flexibility index (Phi) is 6.77. The van der Waals surface area contributed by atoms with Crippen LogP contribution in [0.2, 0.25) is 0 Å². The SMILES string of the molecule is COc1ccc(C(C)NC(=O)c2ccc(S(=O)(=O)N3CCC(C)CC3)cc2)cc1F. The van der Waals surface area contributed by atoms with Crippen molar-refractivity contribution in [3.05, 3.63) is 59.4 Å². The summed E-state index contributed by atoms with van der Waals surface area (Å²) in [5, 5.41) is 2.80. The Hall–Kier alpha value is -2.45. The minimum Gasteiger partial charge on any atom is -0.494 e. The fourth-order valence-corrected chi connectivity index (χ4v) is 4.94. The number of benzene rings is 2. The summed E-state index contributed by atoms with van der Waals surface area (Å²) in [6, 6.07) is 9.98. The van der Waals surface area contributed by atoms with Gasteiger partial charge in [0.25, 0.3) is 5.91 Å².